The molecule has 1 saturated heterocycles. The molecule has 0 spiro atoms. The average molecular weight is 545 g/mol. The number of hydrogen-bond acceptors (Lipinski definition) is 6. The summed E-state index contributed by atoms with van der Waals surface area (Å²) in [7, 11) is -1.88. The molecular weight excluding hydrogens is 508 g/mol. The molecule has 1 fully saturated rings. The van der Waals surface area contributed by atoms with E-state index in [4.69, 9.17) is 4.74 Å². The Bertz CT molecular complexity index is 1590. The Kier molecular flexibility index (Phi) is 7.04. The van der Waals surface area contributed by atoms with Crippen LogP contribution in [0.3, 0.4) is 0 Å². The third kappa shape index (κ3) is 5.13. The predicted molar refractivity (Wildman–Crippen MR) is 155 cm³/mol. The van der Waals surface area contributed by atoms with E-state index in [-0.39, 0.29) is 17.3 Å². The van der Waals surface area contributed by atoms with Crippen LogP contribution in [-0.4, -0.2) is 66.6 Å². The Hall–Kier alpha value is -3.07. The van der Waals surface area contributed by atoms with E-state index in [9.17, 15) is 8.42 Å². The molecule has 1 unspecified atom stereocenters. The van der Waals surface area contributed by atoms with Crippen molar-refractivity contribution >= 4 is 20.9 Å². The number of sulfone groups is 1. The Morgan fingerprint density at radius 3 is 2.41 bits per heavy atom. The van der Waals surface area contributed by atoms with Gasteiger partial charge in [0.1, 0.15) is 0 Å². The normalized spacial score (nSPS) is 20.3. The van der Waals surface area contributed by atoms with Crippen molar-refractivity contribution in [2.24, 2.45) is 0 Å². The SMILES string of the molecule is COCCS(=O)(=O)c1ccc(-c2[nH]nc3ncc(-c4ccc5c(c4)CCC(C)(N4CCCC4)CC5)cc23)cc1. The van der Waals surface area contributed by atoms with Gasteiger partial charge in [0.15, 0.2) is 15.5 Å². The highest BCUT2D eigenvalue weighted by Gasteiger charge is 2.34. The number of hydrogen-bond donors (Lipinski definition) is 1. The summed E-state index contributed by atoms with van der Waals surface area (Å²) in [6.45, 7) is 5.11. The summed E-state index contributed by atoms with van der Waals surface area (Å²) in [6, 6.07) is 15.9. The monoisotopic (exact) mass is 544 g/mol. The van der Waals surface area contributed by atoms with Crippen LogP contribution in [0.25, 0.3) is 33.4 Å². The number of rotatable bonds is 7. The molecule has 0 radical (unpaired) electrons. The largest absolute Gasteiger partial charge is 0.384 e. The number of nitrogens with one attached hydrogen (secondary N) is 1. The summed E-state index contributed by atoms with van der Waals surface area (Å²) in [5, 5.41) is 8.43. The van der Waals surface area contributed by atoms with Gasteiger partial charge in [0, 0.05) is 35.4 Å². The number of H-pyrrole nitrogens is 1. The summed E-state index contributed by atoms with van der Waals surface area (Å²) < 4.78 is 30.0. The number of pyridine rings is 1. The molecule has 2 aromatic heterocycles. The van der Waals surface area contributed by atoms with Crippen molar-refractivity contribution in [1.29, 1.82) is 0 Å². The number of benzene rings is 2. The maximum Gasteiger partial charge on any atom is 0.181 e. The Morgan fingerprint density at radius 1 is 0.949 bits per heavy atom. The standard InChI is InChI=1S/C31H36N4O3S/c1-31(35-15-3-4-16-35)13-11-22-5-6-24(19-25(22)12-14-31)26-20-28-29(33-34-30(28)32-21-26)23-7-9-27(10-8-23)39(36,37)18-17-38-2/h5-10,19-21H,3-4,11-18H2,1-2H3,(H,32,33,34). The molecule has 1 aliphatic heterocycles. The average Bonchev–Trinajstić information content (AvgIpc) is 3.62. The van der Waals surface area contributed by atoms with Crippen molar-refractivity contribution in [3.63, 3.8) is 0 Å². The molecule has 7 nitrogen and oxygen atoms in total. The minimum Gasteiger partial charge on any atom is -0.384 e. The highest BCUT2D eigenvalue weighted by molar-refractivity contribution is 7.91. The number of methoxy groups -OCH3 is 1. The number of likely N-dealkylation sites (tertiary alicyclic amines) is 1. The van der Waals surface area contributed by atoms with Crippen molar-refractivity contribution in [3.05, 3.63) is 65.9 Å². The molecule has 1 aliphatic carbocycles. The van der Waals surface area contributed by atoms with Gasteiger partial charge in [-0.05, 0) is 93.4 Å². The molecule has 6 rings (SSSR count). The molecule has 4 aromatic rings. The number of ether oxygens (including phenoxy) is 1. The van der Waals surface area contributed by atoms with E-state index in [1.807, 2.05) is 18.3 Å². The first-order valence-electron chi connectivity index (χ1n) is 13.9. The van der Waals surface area contributed by atoms with Crippen LogP contribution in [0.2, 0.25) is 0 Å². The van der Waals surface area contributed by atoms with Crippen LogP contribution in [0.5, 0.6) is 0 Å². The fourth-order valence-electron chi connectivity index (χ4n) is 6.21. The Morgan fingerprint density at radius 2 is 1.67 bits per heavy atom. The summed E-state index contributed by atoms with van der Waals surface area (Å²) in [4.78, 5) is 7.65. The molecule has 204 valence electrons. The van der Waals surface area contributed by atoms with Crippen molar-refractivity contribution in [3.8, 4) is 22.4 Å². The predicted octanol–water partition coefficient (Wildman–Crippen LogP) is 5.45. The summed E-state index contributed by atoms with van der Waals surface area (Å²) in [5.41, 5.74) is 7.77. The van der Waals surface area contributed by atoms with E-state index in [0.717, 1.165) is 35.0 Å². The highest BCUT2D eigenvalue weighted by atomic mass is 32.2. The third-order valence-corrected chi connectivity index (χ3v) is 10.4. The molecule has 2 aromatic carbocycles. The van der Waals surface area contributed by atoms with Gasteiger partial charge in [0.25, 0.3) is 0 Å². The van der Waals surface area contributed by atoms with Crippen molar-refractivity contribution < 1.29 is 13.2 Å². The number of aromatic nitrogens is 3. The Balaban J connectivity index is 1.27. The van der Waals surface area contributed by atoms with Crippen LogP contribution < -0.4 is 0 Å². The van der Waals surface area contributed by atoms with Crippen molar-refractivity contribution in [2.75, 3.05) is 32.6 Å². The molecule has 39 heavy (non-hydrogen) atoms. The van der Waals surface area contributed by atoms with E-state index in [0.29, 0.717) is 11.2 Å². The lowest BCUT2D eigenvalue weighted by atomic mass is 9.90. The highest BCUT2D eigenvalue weighted by Crippen LogP contribution is 2.36. The minimum atomic E-state index is -3.38. The van der Waals surface area contributed by atoms with Gasteiger partial charge in [-0.15, -0.1) is 0 Å². The maximum absolute atomic E-state index is 12.5. The summed E-state index contributed by atoms with van der Waals surface area (Å²) in [6.07, 6.45) is 9.20. The molecule has 0 amide bonds. The summed E-state index contributed by atoms with van der Waals surface area (Å²) in [5.74, 6) is -0.0403. The second-order valence-electron chi connectivity index (χ2n) is 11.2. The van der Waals surface area contributed by atoms with Gasteiger partial charge in [-0.25, -0.2) is 13.4 Å². The topological polar surface area (TPSA) is 88.2 Å². The van der Waals surface area contributed by atoms with E-state index in [1.54, 1.807) is 12.1 Å². The molecule has 0 bridgehead atoms. The zero-order valence-corrected chi connectivity index (χ0v) is 23.6. The van der Waals surface area contributed by atoms with E-state index >= 15 is 0 Å². The van der Waals surface area contributed by atoms with Crippen LogP contribution >= 0.6 is 0 Å². The van der Waals surface area contributed by atoms with Gasteiger partial charge in [-0.2, -0.15) is 5.10 Å². The number of nitrogens with zero attached hydrogens (tertiary/aromatic N) is 3. The number of aromatic amines is 1. The van der Waals surface area contributed by atoms with Crippen LogP contribution in [0.15, 0.2) is 59.6 Å². The van der Waals surface area contributed by atoms with Crippen LogP contribution in [0.1, 0.15) is 43.7 Å². The van der Waals surface area contributed by atoms with Gasteiger partial charge in [-0.1, -0.05) is 30.3 Å². The maximum atomic E-state index is 12.5. The molecule has 2 aliphatic rings. The lowest BCUT2D eigenvalue weighted by Gasteiger charge is -2.38. The molecule has 3 heterocycles. The van der Waals surface area contributed by atoms with Crippen LogP contribution in [-0.2, 0) is 27.4 Å². The van der Waals surface area contributed by atoms with Gasteiger partial charge in [0.2, 0.25) is 0 Å². The number of aryl methyl sites for hydroxylation is 2. The van der Waals surface area contributed by atoms with E-state index in [1.165, 1.54) is 62.6 Å². The molecule has 8 heteroatoms. The van der Waals surface area contributed by atoms with E-state index < -0.39 is 9.84 Å². The first kappa shape index (κ1) is 26.2. The Labute approximate surface area is 230 Å². The fraction of sp³-hybridized carbons (Fsp3) is 0.419. The molecule has 1 N–H and O–H groups in total. The second kappa shape index (κ2) is 10.5. The smallest absolute Gasteiger partial charge is 0.181 e. The third-order valence-electron chi connectivity index (χ3n) is 8.74. The van der Waals surface area contributed by atoms with E-state index in [2.05, 4.69) is 51.3 Å². The second-order valence-corrected chi connectivity index (χ2v) is 13.3. The van der Waals surface area contributed by atoms with Gasteiger partial charge < -0.3 is 4.74 Å². The summed E-state index contributed by atoms with van der Waals surface area (Å²) >= 11 is 0. The molecular formula is C31H36N4O3S. The van der Waals surface area contributed by atoms with Crippen molar-refractivity contribution in [1.82, 2.24) is 20.1 Å². The van der Waals surface area contributed by atoms with Crippen molar-refractivity contribution in [2.45, 2.75) is 55.9 Å². The molecule has 0 saturated carbocycles. The van der Waals surface area contributed by atoms with Gasteiger partial charge in [0.05, 0.1) is 22.9 Å². The first-order valence-corrected chi connectivity index (χ1v) is 15.6. The first-order chi connectivity index (χ1) is 18.9. The number of fused-ring (bicyclic) bond motifs is 2. The van der Waals surface area contributed by atoms with Crippen LogP contribution in [0, 0.1) is 0 Å². The van der Waals surface area contributed by atoms with Crippen LogP contribution in [0.4, 0.5) is 0 Å². The molecule has 1 atom stereocenters. The zero-order valence-electron chi connectivity index (χ0n) is 22.7. The van der Waals surface area contributed by atoms with Gasteiger partial charge in [-0.3, -0.25) is 10.00 Å². The lowest BCUT2D eigenvalue weighted by molar-refractivity contribution is 0.118. The quantitative estimate of drug-likeness (QED) is 0.312. The zero-order chi connectivity index (χ0) is 27.0. The lowest BCUT2D eigenvalue weighted by Crippen LogP contribution is -2.44. The van der Waals surface area contributed by atoms with Gasteiger partial charge >= 0.3 is 0 Å². The minimum absolute atomic E-state index is 0.0403. The fourth-order valence-corrected chi connectivity index (χ4v) is 7.38.